The number of rotatable bonds is 5. The van der Waals surface area contributed by atoms with E-state index in [0.717, 1.165) is 52.9 Å². The monoisotopic (exact) mass is 409 g/mol. The number of aromatic amines is 1. The number of aromatic nitrogens is 2. The molecule has 29 heavy (non-hydrogen) atoms. The third-order valence-electron chi connectivity index (χ3n) is 5.25. The molecule has 6 nitrogen and oxygen atoms in total. The number of aromatic hydroxyl groups is 1. The highest BCUT2D eigenvalue weighted by Crippen LogP contribution is 2.38. The van der Waals surface area contributed by atoms with E-state index in [4.69, 9.17) is 4.98 Å². The quantitative estimate of drug-likeness (QED) is 0.669. The third-order valence-corrected chi connectivity index (χ3v) is 6.26. The molecule has 152 valence electrons. The van der Waals surface area contributed by atoms with E-state index in [1.165, 1.54) is 17.4 Å². The summed E-state index contributed by atoms with van der Waals surface area (Å²) in [6.07, 6.45) is 5.30. The lowest BCUT2D eigenvalue weighted by Gasteiger charge is -2.34. The number of piperazine rings is 1. The van der Waals surface area contributed by atoms with Gasteiger partial charge in [0, 0.05) is 75.0 Å². The summed E-state index contributed by atoms with van der Waals surface area (Å²) in [5.74, 6) is 1.29. The SMILES string of the molecule is CN1CCN(c2ncc(Sc3c[nH]cc3O)cc2-c2ccc(N(C)C)cc2)CC1. The van der Waals surface area contributed by atoms with Gasteiger partial charge < -0.3 is 24.8 Å². The van der Waals surface area contributed by atoms with Crippen molar-refractivity contribution in [1.82, 2.24) is 14.9 Å². The van der Waals surface area contributed by atoms with E-state index in [2.05, 4.69) is 57.1 Å². The van der Waals surface area contributed by atoms with Gasteiger partial charge in [-0.05, 0) is 30.8 Å². The maximum absolute atomic E-state index is 9.97. The second kappa shape index (κ2) is 8.39. The summed E-state index contributed by atoms with van der Waals surface area (Å²) in [4.78, 5) is 16.4. The van der Waals surface area contributed by atoms with E-state index >= 15 is 0 Å². The third kappa shape index (κ3) is 4.36. The van der Waals surface area contributed by atoms with Crippen LogP contribution in [0.15, 0.2) is 58.7 Å². The Morgan fingerprint density at radius 1 is 1.07 bits per heavy atom. The van der Waals surface area contributed by atoms with Crippen LogP contribution in [0.1, 0.15) is 0 Å². The number of anilines is 2. The first-order valence-electron chi connectivity index (χ1n) is 9.76. The molecule has 2 N–H and O–H groups in total. The molecule has 0 unspecified atom stereocenters. The van der Waals surface area contributed by atoms with Crippen molar-refractivity contribution in [3.8, 4) is 16.9 Å². The van der Waals surface area contributed by atoms with Gasteiger partial charge in [0.15, 0.2) is 0 Å². The molecule has 0 amide bonds. The van der Waals surface area contributed by atoms with Gasteiger partial charge in [0.05, 0.1) is 4.90 Å². The predicted octanol–water partition coefficient (Wildman–Crippen LogP) is 3.75. The van der Waals surface area contributed by atoms with Crippen molar-refractivity contribution in [2.45, 2.75) is 9.79 Å². The van der Waals surface area contributed by atoms with Gasteiger partial charge in [-0.1, -0.05) is 23.9 Å². The van der Waals surface area contributed by atoms with Crippen LogP contribution in [-0.2, 0) is 0 Å². The number of benzene rings is 1. The molecule has 1 fully saturated rings. The highest BCUT2D eigenvalue weighted by Gasteiger charge is 2.20. The Labute approximate surface area is 176 Å². The maximum atomic E-state index is 9.97. The summed E-state index contributed by atoms with van der Waals surface area (Å²) < 4.78 is 0. The highest BCUT2D eigenvalue weighted by molar-refractivity contribution is 7.99. The van der Waals surface area contributed by atoms with Crippen LogP contribution in [0, 0.1) is 0 Å². The summed E-state index contributed by atoms with van der Waals surface area (Å²) in [7, 11) is 6.26. The minimum absolute atomic E-state index is 0.259. The summed E-state index contributed by atoms with van der Waals surface area (Å²) in [5, 5.41) is 9.97. The number of pyridine rings is 1. The minimum atomic E-state index is 0.259. The number of nitrogens with one attached hydrogen (secondary N) is 1. The fourth-order valence-corrected chi connectivity index (χ4v) is 4.29. The molecule has 1 aliphatic heterocycles. The Balaban J connectivity index is 1.71. The summed E-state index contributed by atoms with van der Waals surface area (Å²) >= 11 is 1.51. The topological polar surface area (TPSA) is 58.6 Å². The molecule has 0 bridgehead atoms. The van der Waals surface area contributed by atoms with Gasteiger partial charge in [-0.2, -0.15) is 0 Å². The number of hydrogen-bond donors (Lipinski definition) is 2. The van der Waals surface area contributed by atoms with Crippen molar-refractivity contribution in [3.05, 3.63) is 48.9 Å². The Morgan fingerprint density at radius 3 is 2.41 bits per heavy atom. The average Bonchev–Trinajstić information content (AvgIpc) is 3.13. The molecule has 7 heteroatoms. The van der Waals surface area contributed by atoms with Crippen LogP contribution < -0.4 is 9.80 Å². The van der Waals surface area contributed by atoms with Crippen molar-refractivity contribution in [1.29, 1.82) is 0 Å². The van der Waals surface area contributed by atoms with E-state index < -0.39 is 0 Å². The molecule has 0 radical (unpaired) electrons. The molecular formula is C22H27N5OS. The Kier molecular flexibility index (Phi) is 5.69. The summed E-state index contributed by atoms with van der Waals surface area (Å²) in [5.41, 5.74) is 3.45. The van der Waals surface area contributed by atoms with Crippen LogP contribution in [0.4, 0.5) is 11.5 Å². The zero-order valence-electron chi connectivity index (χ0n) is 17.1. The summed E-state index contributed by atoms with van der Waals surface area (Å²) in [6.45, 7) is 4.01. The number of hydrogen-bond acceptors (Lipinski definition) is 6. The molecule has 0 spiro atoms. The molecule has 0 aliphatic carbocycles. The lowest BCUT2D eigenvalue weighted by molar-refractivity contribution is 0.312. The van der Waals surface area contributed by atoms with Crippen molar-refractivity contribution >= 4 is 23.3 Å². The van der Waals surface area contributed by atoms with E-state index in [-0.39, 0.29) is 5.75 Å². The largest absolute Gasteiger partial charge is 0.505 e. The van der Waals surface area contributed by atoms with Gasteiger partial charge in [-0.25, -0.2) is 4.98 Å². The Hall–Kier alpha value is -2.64. The molecular weight excluding hydrogens is 382 g/mol. The second-order valence-electron chi connectivity index (χ2n) is 7.58. The van der Waals surface area contributed by atoms with Gasteiger partial charge in [0.1, 0.15) is 11.6 Å². The second-order valence-corrected chi connectivity index (χ2v) is 8.70. The molecule has 3 aromatic rings. The van der Waals surface area contributed by atoms with Crippen LogP contribution in [0.3, 0.4) is 0 Å². The number of likely N-dealkylation sites (N-methyl/N-ethyl adjacent to an activating group) is 1. The van der Waals surface area contributed by atoms with Crippen LogP contribution in [0.2, 0.25) is 0 Å². The van der Waals surface area contributed by atoms with Crippen LogP contribution in [-0.4, -0.2) is 67.3 Å². The lowest BCUT2D eigenvalue weighted by atomic mass is 10.0. The van der Waals surface area contributed by atoms with Gasteiger partial charge in [-0.3, -0.25) is 0 Å². The molecule has 1 aromatic carbocycles. The Bertz CT molecular complexity index is 962. The molecule has 2 aromatic heterocycles. The van der Waals surface area contributed by atoms with Crippen LogP contribution in [0.5, 0.6) is 5.75 Å². The first kappa shape index (κ1) is 19.7. The van der Waals surface area contributed by atoms with Crippen molar-refractivity contribution in [2.75, 3.05) is 57.1 Å². The van der Waals surface area contributed by atoms with E-state index in [1.54, 1.807) is 12.4 Å². The fourth-order valence-electron chi connectivity index (χ4n) is 3.47. The van der Waals surface area contributed by atoms with E-state index in [1.807, 2.05) is 20.3 Å². The van der Waals surface area contributed by atoms with Gasteiger partial charge in [-0.15, -0.1) is 0 Å². The van der Waals surface area contributed by atoms with Crippen LogP contribution >= 0.6 is 11.8 Å². The first-order valence-corrected chi connectivity index (χ1v) is 10.6. The van der Waals surface area contributed by atoms with Gasteiger partial charge >= 0.3 is 0 Å². The average molecular weight is 410 g/mol. The smallest absolute Gasteiger partial charge is 0.146 e. The maximum Gasteiger partial charge on any atom is 0.146 e. The molecule has 4 rings (SSSR count). The zero-order chi connectivity index (χ0) is 20.4. The molecule has 0 saturated carbocycles. The lowest BCUT2D eigenvalue weighted by Crippen LogP contribution is -2.45. The standard InChI is InChI=1S/C22H27N5OS/c1-25(2)17-6-4-16(5-7-17)19-12-18(29-21-15-23-14-20(21)28)13-24-22(19)27-10-8-26(3)9-11-27/h4-7,12-15,23,28H,8-11H2,1-3H3. The van der Waals surface area contributed by atoms with E-state index in [0.29, 0.717) is 0 Å². The van der Waals surface area contributed by atoms with Gasteiger partial charge in [0.2, 0.25) is 0 Å². The predicted molar refractivity (Wildman–Crippen MR) is 120 cm³/mol. The zero-order valence-corrected chi connectivity index (χ0v) is 17.9. The first-order chi connectivity index (χ1) is 14.0. The highest BCUT2D eigenvalue weighted by atomic mass is 32.2. The normalized spacial score (nSPS) is 14.9. The van der Waals surface area contributed by atoms with Crippen molar-refractivity contribution in [3.63, 3.8) is 0 Å². The number of H-pyrrole nitrogens is 1. The van der Waals surface area contributed by atoms with Gasteiger partial charge in [0.25, 0.3) is 0 Å². The van der Waals surface area contributed by atoms with Crippen molar-refractivity contribution in [2.24, 2.45) is 0 Å². The molecule has 1 aliphatic rings. The summed E-state index contributed by atoms with van der Waals surface area (Å²) in [6, 6.07) is 10.8. The molecule has 1 saturated heterocycles. The molecule has 0 atom stereocenters. The number of nitrogens with zero attached hydrogens (tertiary/aromatic N) is 4. The van der Waals surface area contributed by atoms with Crippen LogP contribution in [0.25, 0.3) is 11.1 Å². The van der Waals surface area contributed by atoms with Crippen molar-refractivity contribution < 1.29 is 5.11 Å². The fraction of sp³-hybridized carbons (Fsp3) is 0.318. The minimum Gasteiger partial charge on any atom is -0.505 e. The Morgan fingerprint density at radius 2 is 1.79 bits per heavy atom. The molecule has 3 heterocycles. The van der Waals surface area contributed by atoms with E-state index in [9.17, 15) is 5.11 Å².